The first-order chi connectivity index (χ1) is 12.8. The van der Waals surface area contributed by atoms with Crippen molar-refractivity contribution in [2.24, 2.45) is 0 Å². The SMILES string of the molecule is CS(=O)N(CC(O)Cn1c2ccc(F)cc2c2cc(F)ccc21)C1(C)CC1. The second kappa shape index (κ2) is 6.65. The average Bonchev–Trinajstić information content (AvgIpc) is 3.29. The standard InChI is InChI=1S/C20H22F2N2O2S/c1-20(7-8-20)24(27(2)26)12-15(25)11-23-18-5-3-13(21)9-16(18)17-10-14(22)4-6-19(17)23/h3-6,9-10,15,25H,7-8,11-12H2,1-2H3. The number of rotatable bonds is 6. The first-order valence-electron chi connectivity index (χ1n) is 8.95. The lowest BCUT2D eigenvalue weighted by atomic mass is 10.1. The first kappa shape index (κ1) is 18.5. The molecule has 2 aromatic carbocycles. The summed E-state index contributed by atoms with van der Waals surface area (Å²) in [4.78, 5) is 0. The maximum atomic E-state index is 13.7. The van der Waals surface area contributed by atoms with Crippen LogP contribution in [0.2, 0.25) is 0 Å². The highest BCUT2D eigenvalue weighted by atomic mass is 32.2. The smallest absolute Gasteiger partial charge is 0.123 e. The number of aliphatic hydroxyl groups is 1. The van der Waals surface area contributed by atoms with Crippen LogP contribution in [0.15, 0.2) is 36.4 Å². The van der Waals surface area contributed by atoms with E-state index in [-0.39, 0.29) is 30.3 Å². The summed E-state index contributed by atoms with van der Waals surface area (Å²) in [6.45, 7) is 2.58. The van der Waals surface area contributed by atoms with E-state index in [9.17, 15) is 18.1 Å². The van der Waals surface area contributed by atoms with Gasteiger partial charge in [-0.05, 0) is 56.2 Å². The minimum Gasteiger partial charge on any atom is -0.390 e. The van der Waals surface area contributed by atoms with Crippen molar-refractivity contribution in [3.8, 4) is 0 Å². The third kappa shape index (κ3) is 3.39. The molecule has 3 aromatic rings. The van der Waals surface area contributed by atoms with Gasteiger partial charge in [-0.15, -0.1) is 0 Å². The van der Waals surface area contributed by atoms with Crippen LogP contribution in [0.5, 0.6) is 0 Å². The second-order valence-electron chi connectivity index (χ2n) is 7.57. The number of aromatic nitrogens is 1. The van der Waals surface area contributed by atoms with Crippen LogP contribution < -0.4 is 0 Å². The molecule has 0 spiro atoms. The number of aliphatic hydroxyl groups excluding tert-OH is 1. The second-order valence-corrected chi connectivity index (χ2v) is 8.86. The number of halogens is 2. The molecule has 7 heteroatoms. The topological polar surface area (TPSA) is 45.5 Å². The van der Waals surface area contributed by atoms with Gasteiger partial charge < -0.3 is 9.67 Å². The number of hydrogen-bond donors (Lipinski definition) is 1. The lowest BCUT2D eigenvalue weighted by Gasteiger charge is -2.28. The maximum absolute atomic E-state index is 13.7. The highest BCUT2D eigenvalue weighted by Crippen LogP contribution is 2.42. The molecule has 4 nitrogen and oxygen atoms in total. The van der Waals surface area contributed by atoms with E-state index >= 15 is 0 Å². The van der Waals surface area contributed by atoms with Crippen LogP contribution in [-0.2, 0) is 17.5 Å². The van der Waals surface area contributed by atoms with Crippen LogP contribution in [-0.4, -0.2) is 42.6 Å². The van der Waals surface area contributed by atoms with Gasteiger partial charge in [0.2, 0.25) is 0 Å². The van der Waals surface area contributed by atoms with Gasteiger partial charge in [-0.25, -0.2) is 17.3 Å². The summed E-state index contributed by atoms with van der Waals surface area (Å²) in [6.07, 6.45) is 2.79. The summed E-state index contributed by atoms with van der Waals surface area (Å²) in [7, 11) is -1.17. The number of benzene rings is 2. The zero-order chi connectivity index (χ0) is 19.3. The highest BCUT2D eigenvalue weighted by Gasteiger charge is 2.45. The van der Waals surface area contributed by atoms with E-state index in [0.29, 0.717) is 10.8 Å². The Hall–Kier alpha value is -1.83. The summed E-state index contributed by atoms with van der Waals surface area (Å²) in [5, 5.41) is 11.9. The number of β-amino-alcohol motifs (C(OH)–C–C–N with tert-alkyl or cyclic N) is 1. The Morgan fingerprint density at radius 1 is 1.15 bits per heavy atom. The normalized spacial score (nSPS) is 18.3. The maximum Gasteiger partial charge on any atom is 0.123 e. The van der Waals surface area contributed by atoms with E-state index in [1.54, 1.807) is 18.4 Å². The molecule has 1 aromatic heterocycles. The lowest BCUT2D eigenvalue weighted by molar-refractivity contribution is 0.119. The van der Waals surface area contributed by atoms with E-state index in [1.807, 2.05) is 15.8 Å². The molecule has 1 aliphatic rings. The van der Waals surface area contributed by atoms with Crippen molar-refractivity contribution in [3.63, 3.8) is 0 Å². The van der Waals surface area contributed by atoms with Crippen LogP contribution >= 0.6 is 0 Å². The van der Waals surface area contributed by atoms with Crippen molar-refractivity contribution in [1.82, 2.24) is 8.87 Å². The Balaban J connectivity index is 1.71. The van der Waals surface area contributed by atoms with Crippen LogP contribution in [0.25, 0.3) is 21.8 Å². The van der Waals surface area contributed by atoms with Crippen LogP contribution in [0.3, 0.4) is 0 Å². The zero-order valence-electron chi connectivity index (χ0n) is 15.3. The summed E-state index contributed by atoms with van der Waals surface area (Å²) >= 11 is 0. The van der Waals surface area contributed by atoms with Gasteiger partial charge in [0.15, 0.2) is 0 Å². The number of hydrogen-bond acceptors (Lipinski definition) is 2. The van der Waals surface area contributed by atoms with Crippen LogP contribution in [0, 0.1) is 11.6 Å². The number of nitrogens with zero attached hydrogens (tertiary/aromatic N) is 2. The number of fused-ring (bicyclic) bond motifs is 3. The van der Waals surface area contributed by atoms with E-state index in [4.69, 9.17) is 0 Å². The van der Waals surface area contributed by atoms with Crippen molar-refractivity contribution < 1.29 is 18.1 Å². The minimum absolute atomic E-state index is 0.117. The Kier molecular flexibility index (Phi) is 4.56. The summed E-state index contributed by atoms with van der Waals surface area (Å²) in [5.74, 6) is -0.777. The van der Waals surface area contributed by atoms with Gasteiger partial charge in [0.05, 0.1) is 23.6 Å². The summed E-state index contributed by atoms with van der Waals surface area (Å²) < 4.78 is 43.3. The summed E-state index contributed by atoms with van der Waals surface area (Å²) in [6, 6.07) is 8.79. The van der Waals surface area contributed by atoms with E-state index in [1.165, 1.54) is 24.3 Å². The van der Waals surface area contributed by atoms with Crippen molar-refractivity contribution in [1.29, 1.82) is 0 Å². The Morgan fingerprint density at radius 2 is 1.67 bits per heavy atom. The molecule has 2 unspecified atom stereocenters. The molecule has 1 saturated carbocycles. The van der Waals surface area contributed by atoms with Gasteiger partial charge in [-0.1, -0.05) is 0 Å². The molecule has 4 rings (SSSR count). The predicted molar refractivity (Wildman–Crippen MR) is 104 cm³/mol. The van der Waals surface area contributed by atoms with E-state index in [2.05, 4.69) is 0 Å². The largest absolute Gasteiger partial charge is 0.390 e. The predicted octanol–water partition coefficient (Wildman–Crippen LogP) is 3.58. The molecule has 1 fully saturated rings. The molecule has 144 valence electrons. The van der Waals surface area contributed by atoms with Gasteiger partial charge in [0.1, 0.15) is 11.6 Å². The summed E-state index contributed by atoms with van der Waals surface area (Å²) in [5.41, 5.74) is 1.35. The molecular weight excluding hydrogens is 370 g/mol. The van der Waals surface area contributed by atoms with Crippen molar-refractivity contribution in [2.45, 2.75) is 38.0 Å². The molecule has 1 heterocycles. The third-order valence-corrected chi connectivity index (χ3v) is 6.66. The van der Waals surface area contributed by atoms with Gasteiger partial charge in [0.25, 0.3) is 0 Å². The van der Waals surface area contributed by atoms with Crippen molar-refractivity contribution in [2.75, 3.05) is 12.8 Å². The Bertz CT molecular complexity index is 986. The fourth-order valence-corrected chi connectivity index (χ4v) is 4.96. The Morgan fingerprint density at radius 3 is 2.11 bits per heavy atom. The third-order valence-electron chi connectivity index (χ3n) is 5.44. The molecule has 0 bridgehead atoms. The minimum atomic E-state index is -1.17. The van der Waals surface area contributed by atoms with Crippen LogP contribution in [0.4, 0.5) is 8.78 Å². The molecule has 1 aliphatic carbocycles. The first-order valence-corrected chi connectivity index (χ1v) is 10.5. The fraction of sp³-hybridized carbons (Fsp3) is 0.400. The van der Waals surface area contributed by atoms with Crippen molar-refractivity contribution >= 4 is 32.8 Å². The molecule has 0 radical (unpaired) electrons. The van der Waals surface area contributed by atoms with E-state index in [0.717, 1.165) is 23.9 Å². The highest BCUT2D eigenvalue weighted by molar-refractivity contribution is 7.81. The van der Waals surface area contributed by atoms with Gasteiger partial charge in [-0.3, -0.25) is 0 Å². The molecule has 0 aliphatic heterocycles. The van der Waals surface area contributed by atoms with Crippen LogP contribution in [0.1, 0.15) is 19.8 Å². The molecule has 2 atom stereocenters. The van der Waals surface area contributed by atoms with E-state index < -0.39 is 17.1 Å². The van der Waals surface area contributed by atoms with Gasteiger partial charge >= 0.3 is 0 Å². The quantitative estimate of drug-likeness (QED) is 0.697. The van der Waals surface area contributed by atoms with Crippen molar-refractivity contribution in [3.05, 3.63) is 48.0 Å². The molecular formula is C20H22F2N2O2S. The molecule has 0 saturated heterocycles. The van der Waals surface area contributed by atoms with Gasteiger partial charge in [0, 0.05) is 40.1 Å². The monoisotopic (exact) mass is 392 g/mol. The Labute approximate surface area is 159 Å². The zero-order valence-corrected chi connectivity index (χ0v) is 16.1. The lowest BCUT2D eigenvalue weighted by Crippen LogP contribution is -2.42. The average molecular weight is 392 g/mol. The van der Waals surface area contributed by atoms with Gasteiger partial charge in [-0.2, -0.15) is 0 Å². The molecule has 0 amide bonds. The fourth-order valence-electron chi connectivity index (χ4n) is 3.77. The molecule has 1 N–H and O–H groups in total. The molecule has 27 heavy (non-hydrogen) atoms.